The number of pyridine rings is 1. The van der Waals surface area contributed by atoms with Gasteiger partial charge in [0.15, 0.2) is 5.65 Å². The highest BCUT2D eigenvalue weighted by molar-refractivity contribution is 7.89. The molecule has 0 saturated carbocycles. The fourth-order valence-corrected chi connectivity index (χ4v) is 5.54. The first-order valence-electron chi connectivity index (χ1n) is 9.21. The second-order valence-corrected chi connectivity index (χ2v) is 9.07. The normalized spacial score (nSPS) is 16.8. The number of hydrogen-bond acceptors (Lipinski definition) is 6. The lowest BCUT2D eigenvalue weighted by Gasteiger charge is -2.32. The van der Waals surface area contributed by atoms with E-state index in [2.05, 4.69) is 22.1 Å². The number of nitrogens with zero attached hydrogens (tertiary/aromatic N) is 6. The zero-order valence-corrected chi connectivity index (χ0v) is 17.1. The molecule has 0 N–H and O–H groups in total. The van der Waals surface area contributed by atoms with E-state index >= 15 is 0 Å². The molecule has 0 radical (unpaired) electrons. The number of ether oxygens (including phenoxy) is 1. The molecule has 150 valence electrons. The molecule has 9 nitrogen and oxygen atoms in total. The van der Waals surface area contributed by atoms with Crippen LogP contribution in [0.5, 0.6) is 0 Å². The van der Waals surface area contributed by atoms with E-state index in [4.69, 9.17) is 4.74 Å². The molecule has 0 atom stereocenters. The van der Waals surface area contributed by atoms with Crippen molar-refractivity contribution in [3.8, 4) is 0 Å². The summed E-state index contributed by atoms with van der Waals surface area (Å²) in [5.74, 6) is 0.299. The number of aryl methyl sites for hydroxylation is 2. The maximum atomic E-state index is 13.1. The van der Waals surface area contributed by atoms with Gasteiger partial charge in [0.05, 0.1) is 18.5 Å². The second-order valence-electron chi connectivity index (χ2n) is 7.17. The molecule has 28 heavy (non-hydrogen) atoms. The molecule has 1 saturated heterocycles. The van der Waals surface area contributed by atoms with Crippen LogP contribution < -0.4 is 0 Å². The molecule has 4 rings (SSSR count). The summed E-state index contributed by atoms with van der Waals surface area (Å²) < 4.78 is 36.3. The number of piperidine rings is 1. The van der Waals surface area contributed by atoms with Gasteiger partial charge in [-0.25, -0.2) is 17.9 Å². The van der Waals surface area contributed by atoms with E-state index in [9.17, 15) is 8.42 Å². The largest absolute Gasteiger partial charge is 0.378 e. The van der Waals surface area contributed by atoms with Gasteiger partial charge in [-0.1, -0.05) is 0 Å². The summed E-state index contributed by atoms with van der Waals surface area (Å²) in [5.41, 5.74) is 3.76. The van der Waals surface area contributed by atoms with Crippen LogP contribution in [0.4, 0.5) is 0 Å². The Labute approximate surface area is 164 Å². The number of aromatic nitrogens is 5. The average Bonchev–Trinajstić information content (AvgIpc) is 3.28. The minimum absolute atomic E-state index is 0.207. The van der Waals surface area contributed by atoms with Crippen LogP contribution in [0.2, 0.25) is 0 Å². The fraction of sp³-hybridized carbons (Fsp3) is 0.500. The first-order chi connectivity index (χ1) is 13.4. The molecule has 0 aliphatic carbocycles. The van der Waals surface area contributed by atoms with Crippen molar-refractivity contribution in [1.29, 1.82) is 0 Å². The van der Waals surface area contributed by atoms with E-state index in [1.165, 1.54) is 11.8 Å². The van der Waals surface area contributed by atoms with Crippen LogP contribution >= 0.6 is 0 Å². The van der Waals surface area contributed by atoms with Gasteiger partial charge in [-0.15, -0.1) is 0 Å². The maximum absolute atomic E-state index is 13.1. The third kappa shape index (κ3) is 3.21. The maximum Gasteiger partial charge on any atom is 0.246 e. The van der Waals surface area contributed by atoms with E-state index in [-0.39, 0.29) is 11.5 Å². The van der Waals surface area contributed by atoms with Gasteiger partial charge in [0.2, 0.25) is 10.0 Å². The standard InChI is InChI=1S/C18H24N6O3S/c1-13-8-18-19-12-21-24(18)10-15(13)14-4-6-23(7-5-14)28(25,26)17-9-20-22(2)16(17)11-27-3/h8-10,12,14H,4-7,11H2,1-3H3. The summed E-state index contributed by atoms with van der Waals surface area (Å²) in [4.78, 5) is 4.45. The Morgan fingerprint density at radius 3 is 2.71 bits per heavy atom. The summed E-state index contributed by atoms with van der Waals surface area (Å²) in [6.45, 7) is 3.23. The molecule has 0 amide bonds. The molecule has 0 unspecified atom stereocenters. The minimum Gasteiger partial charge on any atom is -0.378 e. The van der Waals surface area contributed by atoms with Gasteiger partial charge >= 0.3 is 0 Å². The smallest absolute Gasteiger partial charge is 0.246 e. The molecule has 1 aliphatic rings. The Hall–Kier alpha value is -2.30. The molecule has 0 bridgehead atoms. The zero-order chi connectivity index (χ0) is 19.9. The van der Waals surface area contributed by atoms with Gasteiger partial charge in [-0.2, -0.15) is 14.5 Å². The number of fused-ring (bicyclic) bond motifs is 1. The monoisotopic (exact) mass is 404 g/mol. The van der Waals surface area contributed by atoms with Crippen LogP contribution in [0.15, 0.2) is 29.7 Å². The quantitative estimate of drug-likeness (QED) is 0.639. The Morgan fingerprint density at radius 1 is 1.25 bits per heavy atom. The topological polar surface area (TPSA) is 94.6 Å². The molecular formula is C18H24N6O3S. The van der Waals surface area contributed by atoms with Crippen molar-refractivity contribution in [3.63, 3.8) is 0 Å². The lowest BCUT2D eigenvalue weighted by atomic mass is 9.89. The molecule has 3 aromatic rings. The lowest BCUT2D eigenvalue weighted by molar-refractivity contribution is 0.175. The predicted molar refractivity (Wildman–Crippen MR) is 102 cm³/mol. The Morgan fingerprint density at radius 2 is 2.00 bits per heavy atom. The summed E-state index contributed by atoms with van der Waals surface area (Å²) in [5, 5.41) is 8.33. The van der Waals surface area contributed by atoms with Crippen molar-refractivity contribution >= 4 is 15.7 Å². The van der Waals surface area contributed by atoms with Crippen molar-refractivity contribution in [1.82, 2.24) is 28.7 Å². The van der Waals surface area contributed by atoms with Gasteiger partial charge in [0.1, 0.15) is 11.2 Å². The van der Waals surface area contributed by atoms with E-state index in [0.717, 1.165) is 24.1 Å². The van der Waals surface area contributed by atoms with Crippen LogP contribution in [0.3, 0.4) is 0 Å². The first kappa shape index (κ1) is 19.0. The molecule has 1 aliphatic heterocycles. The van der Waals surface area contributed by atoms with Gasteiger partial charge in [-0.05, 0) is 42.9 Å². The first-order valence-corrected chi connectivity index (χ1v) is 10.7. The van der Waals surface area contributed by atoms with Crippen LogP contribution in [0.1, 0.15) is 35.6 Å². The van der Waals surface area contributed by atoms with Crippen molar-refractivity contribution in [2.75, 3.05) is 20.2 Å². The van der Waals surface area contributed by atoms with E-state index in [1.807, 2.05) is 12.3 Å². The van der Waals surface area contributed by atoms with Gasteiger partial charge in [-0.3, -0.25) is 4.68 Å². The Bertz CT molecular complexity index is 1100. The number of rotatable bonds is 5. The molecule has 3 aromatic heterocycles. The van der Waals surface area contributed by atoms with Crippen LogP contribution in [-0.4, -0.2) is 57.3 Å². The van der Waals surface area contributed by atoms with E-state index in [0.29, 0.717) is 24.7 Å². The summed E-state index contributed by atoms with van der Waals surface area (Å²) in [6, 6.07) is 2.03. The van der Waals surface area contributed by atoms with Crippen molar-refractivity contribution in [2.24, 2.45) is 7.05 Å². The minimum atomic E-state index is -3.59. The van der Waals surface area contributed by atoms with Gasteiger partial charge in [0.25, 0.3) is 0 Å². The molecule has 0 spiro atoms. The third-order valence-electron chi connectivity index (χ3n) is 5.48. The summed E-state index contributed by atoms with van der Waals surface area (Å²) in [7, 11) is -0.323. The third-order valence-corrected chi connectivity index (χ3v) is 7.42. The van der Waals surface area contributed by atoms with Crippen LogP contribution in [0, 0.1) is 6.92 Å². The molecule has 1 fully saturated rings. The fourth-order valence-electron chi connectivity index (χ4n) is 3.91. The molecule has 4 heterocycles. The highest BCUT2D eigenvalue weighted by atomic mass is 32.2. The number of sulfonamides is 1. The van der Waals surface area contributed by atoms with E-state index in [1.54, 1.807) is 34.0 Å². The van der Waals surface area contributed by atoms with Crippen molar-refractivity contribution in [3.05, 3.63) is 41.6 Å². The number of methoxy groups -OCH3 is 1. The SMILES string of the molecule is COCc1c(S(=O)(=O)N2CCC(c3cn4ncnc4cc3C)CC2)cnn1C. The van der Waals surface area contributed by atoms with Crippen LogP contribution in [0.25, 0.3) is 5.65 Å². The molecule has 0 aromatic carbocycles. The van der Waals surface area contributed by atoms with Gasteiger partial charge in [0, 0.05) is 33.4 Å². The summed E-state index contributed by atoms with van der Waals surface area (Å²) >= 11 is 0. The highest BCUT2D eigenvalue weighted by Crippen LogP contribution is 2.33. The van der Waals surface area contributed by atoms with Crippen molar-refractivity contribution in [2.45, 2.75) is 37.2 Å². The van der Waals surface area contributed by atoms with Crippen molar-refractivity contribution < 1.29 is 13.2 Å². The Kier molecular flexibility index (Phi) is 4.94. The lowest BCUT2D eigenvalue weighted by Crippen LogP contribution is -2.38. The zero-order valence-electron chi connectivity index (χ0n) is 16.2. The molecular weight excluding hydrogens is 380 g/mol. The number of hydrogen-bond donors (Lipinski definition) is 0. The highest BCUT2D eigenvalue weighted by Gasteiger charge is 2.33. The average molecular weight is 404 g/mol. The predicted octanol–water partition coefficient (Wildman–Crippen LogP) is 1.49. The van der Waals surface area contributed by atoms with Gasteiger partial charge < -0.3 is 4.74 Å². The van der Waals surface area contributed by atoms with E-state index < -0.39 is 10.0 Å². The Balaban J connectivity index is 1.54. The van der Waals surface area contributed by atoms with Crippen LogP contribution in [-0.2, 0) is 28.4 Å². The summed E-state index contributed by atoms with van der Waals surface area (Å²) in [6.07, 6.45) is 6.50. The second kappa shape index (κ2) is 7.26. The molecule has 10 heteroatoms.